The van der Waals surface area contributed by atoms with E-state index in [0.29, 0.717) is 35.6 Å². The lowest BCUT2D eigenvalue weighted by Crippen LogP contribution is -2.09. The van der Waals surface area contributed by atoms with Crippen molar-refractivity contribution in [2.45, 2.75) is 51.9 Å². The van der Waals surface area contributed by atoms with Crippen molar-refractivity contribution in [3.63, 3.8) is 0 Å². The zero-order valence-electron chi connectivity index (χ0n) is 32.5. The first-order valence-electron chi connectivity index (χ1n) is 18.3. The summed E-state index contributed by atoms with van der Waals surface area (Å²) in [6.45, 7) is 7.18. The van der Waals surface area contributed by atoms with Crippen LogP contribution < -0.4 is 0 Å². The van der Waals surface area contributed by atoms with Crippen LogP contribution in [0.4, 0.5) is 43.9 Å². The van der Waals surface area contributed by atoms with E-state index in [-0.39, 0.29) is 68.7 Å². The molecule has 0 radical (unpaired) electrons. The van der Waals surface area contributed by atoms with Gasteiger partial charge in [-0.3, -0.25) is 9.13 Å². The molecule has 10 nitrogen and oxygen atoms in total. The molecule has 0 aliphatic carbocycles. The third-order valence-electron chi connectivity index (χ3n) is 9.26. The highest BCUT2D eigenvalue weighted by Crippen LogP contribution is 2.36. The Bertz CT molecular complexity index is 2970. The van der Waals surface area contributed by atoms with Crippen LogP contribution in [0, 0.1) is 23.3 Å². The number of aromatic nitrogens is 8. The second kappa shape index (κ2) is 16.1. The van der Waals surface area contributed by atoms with Crippen molar-refractivity contribution in [2.24, 2.45) is 0 Å². The van der Waals surface area contributed by atoms with E-state index in [9.17, 15) is 54.1 Å². The Morgan fingerprint density at radius 3 is 1.60 bits per heavy atom. The molecule has 0 atom stereocenters. The number of imidazole rings is 2. The average Bonchev–Trinajstić information content (AvgIpc) is 3.76. The van der Waals surface area contributed by atoms with Crippen LogP contribution in [0.1, 0.15) is 62.3 Å². The summed E-state index contributed by atoms with van der Waals surface area (Å²) in [5, 5.41) is 19.0. The summed E-state index contributed by atoms with van der Waals surface area (Å²) in [6, 6.07) is 12.1. The largest absolute Gasteiger partial charge is 0.508 e. The van der Waals surface area contributed by atoms with E-state index in [0.717, 1.165) is 28.8 Å². The van der Waals surface area contributed by atoms with E-state index in [2.05, 4.69) is 29.9 Å². The predicted molar refractivity (Wildman–Crippen MR) is 206 cm³/mol. The van der Waals surface area contributed by atoms with Gasteiger partial charge in [0.1, 0.15) is 45.7 Å². The van der Waals surface area contributed by atoms with Gasteiger partial charge in [0.05, 0.1) is 29.2 Å². The first kappa shape index (κ1) is 43.0. The Balaban J connectivity index is 0.000000187. The summed E-state index contributed by atoms with van der Waals surface area (Å²) < 4.78 is 139. The smallest absolute Gasteiger partial charge is 0.419 e. The molecule has 4 heterocycles. The van der Waals surface area contributed by atoms with Gasteiger partial charge in [0.25, 0.3) is 0 Å². The lowest BCUT2D eigenvalue weighted by Gasteiger charge is -2.13. The molecule has 0 spiro atoms. The number of hydrogen-bond donors (Lipinski definition) is 2. The lowest BCUT2D eigenvalue weighted by atomic mass is 10.1. The average molecular weight is 869 g/mol. The third kappa shape index (κ3) is 8.31. The van der Waals surface area contributed by atoms with Crippen LogP contribution in [-0.4, -0.2) is 49.3 Å². The fourth-order valence-corrected chi connectivity index (χ4v) is 6.45. The molecule has 0 amide bonds. The van der Waals surface area contributed by atoms with Gasteiger partial charge in [-0.15, -0.1) is 0 Å². The number of aromatic hydroxyl groups is 2. The minimum Gasteiger partial charge on any atom is -0.508 e. The highest BCUT2D eigenvalue weighted by Gasteiger charge is 2.35. The summed E-state index contributed by atoms with van der Waals surface area (Å²) in [6.07, 6.45) is -6.83. The zero-order chi connectivity index (χ0) is 45.0. The molecule has 0 saturated carbocycles. The number of halogens is 10. The highest BCUT2D eigenvalue weighted by molar-refractivity contribution is 5.77. The number of rotatable bonds is 6. The first-order valence-corrected chi connectivity index (χ1v) is 18.3. The van der Waals surface area contributed by atoms with Gasteiger partial charge < -0.3 is 10.2 Å². The van der Waals surface area contributed by atoms with Gasteiger partial charge >= 0.3 is 12.4 Å². The standard InChI is InChI=1S/C21H14F6N4O.C21H16F4N4O/c1-9(2)19-29-16-8-28-18(10-3-4-13(22)12(5-10)21(25,26)27)30-20(16)31(19)17-14(23)6-11(32)7-15(17)24;1-11(2)19-27-16-10-26-18(12-4-3-5-13(8-12)21(23,24)25)28-20(16)29(19)17-7-6-14(30)9-15(17)22/h3-9,32H,1-2H3;3-11,30H,1-2H3. The van der Waals surface area contributed by atoms with Crippen LogP contribution in [0.25, 0.3) is 56.5 Å². The number of phenolic OH excluding ortho intramolecular Hbond substituents is 2. The Kier molecular flexibility index (Phi) is 11.1. The second-order valence-corrected chi connectivity index (χ2v) is 14.4. The van der Waals surface area contributed by atoms with Gasteiger partial charge in [-0.1, -0.05) is 39.8 Å². The summed E-state index contributed by atoms with van der Waals surface area (Å²) in [5.41, 5.74) is -2.02. The molecule has 4 aromatic heterocycles. The first-order chi connectivity index (χ1) is 29.1. The molecule has 4 aromatic carbocycles. The molecule has 0 aliphatic heterocycles. The van der Waals surface area contributed by atoms with E-state index in [1.807, 2.05) is 13.8 Å². The maximum Gasteiger partial charge on any atom is 0.419 e. The number of benzene rings is 4. The molecule has 0 fully saturated rings. The number of phenols is 2. The van der Waals surface area contributed by atoms with E-state index in [1.165, 1.54) is 41.2 Å². The Morgan fingerprint density at radius 1 is 0.532 bits per heavy atom. The van der Waals surface area contributed by atoms with Crippen molar-refractivity contribution in [3.8, 4) is 45.6 Å². The molecule has 0 bridgehead atoms. The Hall–Kier alpha value is -7.12. The van der Waals surface area contributed by atoms with Crippen LogP contribution in [0.5, 0.6) is 11.5 Å². The Morgan fingerprint density at radius 2 is 1.06 bits per heavy atom. The fourth-order valence-electron chi connectivity index (χ4n) is 6.45. The van der Waals surface area contributed by atoms with E-state index >= 15 is 0 Å². The molecule has 2 N–H and O–H groups in total. The number of alkyl halides is 6. The van der Waals surface area contributed by atoms with Gasteiger partial charge in [0, 0.05) is 41.2 Å². The summed E-state index contributed by atoms with van der Waals surface area (Å²) >= 11 is 0. The summed E-state index contributed by atoms with van der Waals surface area (Å²) in [5.74, 6) is -5.06. The van der Waals surface area contributed by atoms with Crippen molar-refractivity contribution in [1.82, 2.24) is 39.0 Å². The van der Waals surface area contributed by atoms with Gasteiger partial charge in [-0.05, 0) is 42.5 Å². The molecule has 20 heteroatoms. The number of hydrogen-bond acceptors (Lipinski definition) is 8. The second-order valence-electron chi connectivity index (χ2n) is 14.4. The van der Waals surface area contributed by atoms with Gasteiger partial charge in [0.2, 0.25) is 0 Å². The highest BCUT2D eigenvalue weighted by atomic mass is 19.4. The maximum absolute atomic E-state index is 14.6. The Labute approximate surface area is 343 Å². The third-order valence-corrected chi connectivity index (χ3v) is 9.26. The van der Waals surface area contributed by atoms with Crippen molar-refractivity contribution >= 4 is 22.3 Å². The van der Waals surface area contributed by atoms with Gasteiger partial charge in [-0.25, -0.2) is 47.5 Å². The molecular weight excluding hydrogens is 838 g/mol. The fraction of sp³-hybridized carbons (Fsp3) is 0.190. The lowest BCUT2D eigenvalue weighted by molar-refractivity contribution is -0.140. The van der Waals surface area contributed by atoms with E-state index < -0.39 is 58.2 Å². The summed E-state index contributed by atoms with van der Waals surface area (Å²) in [4.78, 5) is 25.5. The van der Waals surface area contributed by atoms with E-state index in [4.69, 9.17) is 0 Å². The van der Waals surface area contributed by atoms with Crippen LogP contribution in [-0.2, 0) is 12.4 Å². The van der Waals surface area contributed by atoms with E-state index in [1.54, 1.807) is 13.8 Å². The normalized spacial score (nSPS) is 12.1. The van der Waals surface area contributed by atoms with Gasteiger partial charge in [-0.2, -0.15) is 26.3 Å². The van der Waals surface area contributed by atoms with Crippen molar-refractivity contribution < 1.29 is 54.1 Å². The van der Waals surface area contributed by atoms with Gasteiger partial charge in [0.15, 0.2) is 40.4 Å². The molecule has 0 aliphatic rings. The van der Waals surface area contributed by atoms with Crippen molar-refractivity contribution in [1.29, 1.82) is 0 Å². The molecular formula is C42H30F10N8O2. The van der Waals surface area contributed by atoms with Crippen LogP contribution >= 0.6 is 0 Å². The summed E-state index contributed by atoms with van der Waals surface area (Å²) in [7, 11) is 0. The molecule has 8 rings (SSSR count). The maximum atomic E-state index is 14.6. The predicted octanol–water partition coefficient (Wildman–Crippen LogP) is 11.2. The van der Waals surface area contributed by atoms with Crippen molar-refractivity contribution in [3.05, 3.63) is 131 Å². The van der Waals surface area contributed by atoms with Crippen LogP contribution in [0.15, 0.2) is 85.2 Å². The van der Waals surface area contributed by atoms with Crippen LogP contribution in [0.2, 0.25) is 0 Å². The zero-order valence-corrected chi connectivity index (χ0v) is 32.5. The quantitative estimate of drug-likeness (QED) is 0.158. The molecule has 8 aromatic rings. The number of fused-ring (bicyclic) bond motifs is 2. The van der Waals surface area contributed by atoms with Crippen molar-refractivity contribution in [2.75, 3.05) is 0 Å². The number of nitrogens with zero attached hydrogens (tertiary/aromatic N) is 8. The molecule has 0 unspecified atom stereocenters. The molecule has 0 saturated heterocycles. The SMILES string of the molecule is CC(C)c1nc2cnc(-c3ccc(F)c(C(F)(F)F)c3)nc2n1-c1c(F)cc(O)cc1F.CC(C)c1nc2cnc(-c3cccc(C(F)(F)F)c3)nc2n1-c1ccc(O)cc1F. The molecule has 62 heavy (non-hydrogen) atoms. The monoisotopic (exact) mass is 868 g/mol. The topological polar surface area (TPSA) is 128 Å². The minimum atomic E-state index is -4.94. The minimum absolute atomic E-state index is 0.0595. The van der Waals surface area contributed by atoms with Crippen LogP contribution in [0.3, 0.4) is 0 Å². The molecule has 320 valence electrons.